The summed E-state index contributed by atoms with van der Waals surface area (Å²) < 4.78 is 16.8. The quantitative estimate of drug-likeness (QED) is 0.0855. The first-order chi connectivity index (χ1) is 22.7. The van der Waals surface area contributed by atoms with Gasteiger partial charge < -0.3 is 14.2 Å². The predicted octanol–water partition coefficient (Wildman–Crippen LogP) is 10.6. The van der Waals surface area contributed by atoms with Crippen molar-refractivity contribution in [3.05, 3.63) is 95.1 Å². The molecule has 0 fully saturated rings. The fourth-order valence-electron chi connectivity index (χ4n) is 6.15. The van der Waals surface area contributed by atoms with Gasteiger partial charge in [-0.05, 0) is 91.3 Å². The van der Waals surface area contributed by atoms with E-state index < -0.39 is 17.9 Å². The lowest BCUT2D eigenvalue weighted by Crippen LogP contribution is -2.30. The molecule has 3 aromatic rings. The van der Waals surface area contributed by atoms with Crippen LogP contribution in [0.25, 0.3) is 0 Å². The number of carbonyl (C=O) groups excluding carboxylic acids is 2. The fraction of sp³-hybridized carbons (Fsp3) is 0.524. The molecule has 0 aromatic heterocycles. The van der Waals surface area contributed by atoms with Gasteiger partial charge in [0.2, 0.25) is 0 Å². The van der Waals surface area contributed by atoms with E-state index in [0.717, 1.165) is 41.7 Å². The van der Waals surface area contributed by atoms with Crippen molar-refractivity contribution in [2.24, 2.45) is 23.7 Å². The summed E-state index contributed by atoms with van der Waals surface area (Å²) >= 11 is 0. The molecule has 0 radical (unpaired) electrons. The lowest BCUT2D eigenvalue weighted by Gasteiger charge is -2.20. The minimum atomic E-state index is -0.989. The van der Waals surface area contributed by atoms with Gasteiger partial charge in [0.05, 0.1) is 13.2 Å². The summed E-state index contributed by atoms with van der Waals surface area (Å²) in [5.74, 6) is 1.65. The molecule has 0 saturated heterocycles. The minimum Gasteiger partial charge on any atom is -0.465 e. The topological polar surface area (TPSA) is 61.8 Å². The van der Waals surface area contributed by atoms with Crippen LogP contribution in [0, 0.1) is 23.7 Å². The third-order valence-corrected chi connectivity index (χ3v) is 9.24. The maximum Gasteiger partial charge on any atom is 0.320 e. The monoisotopic (exact) mass is 642 g/mol. The molecule has 3 unspecified atom stereocenters. The van der Waals surface area contributed by atoms with Crippen LogP contribution in [0.4, 0.5) is 0 Å². The van der Waals surface area contributed by atoms with Crippen LogP contribution in [0.1, 0.15) is 109 Å². The third kappa shape index (κ3) is 13.2. The molecule has 47 heavy (non-hydrogen) atoms. The first-order valence-corrected chi connectivity index (χ1v) is 18.0. The Kier molecular flexibility index (Phi) is 16.6. The molecule has 0 saturated carbocycles. The van der Waals surface area contributed by atoms with E-state index in [0.29, 0.717) is 5.92 Å². The van der Waals surface area contributed by atoms with Gasteiger partial charge in [0.15, 0.2) is 5.92 Å². The second-order valence-corrected chi connectivity index (χ2v) is 13.4. The van der Waals surface area contributed by atoms with Crippen molar-refractivity contribution in [3.63, 3.8) is 0 Å². The molecule has 0 aliphatic rings. The standard InChI is InChI=1S/C42H58O5/c1-7-31(4)16-13-17-32(5)18-14-19-33(6)28-38-36(29-34-20-11-10-12-21-34)22-15-23-40(38)47-37-26-24-35(25-27-37)30-39(41(43)45-8-2)42(44)46-9-3/h10-12,15,20-27,31-33,39H,7-9,13-14,16-19,28-30H2,1-6H3. The Balaban J connectivity index is 1.72. The van der Waals surface area contributed by atoms with Crippen LogP contribution in [0.2, 0.25) is 0 Å². The Hall–Kier alpha value is -3.60. The lowest BCUT2D eigenvalue weighted by molar-refractivity contribution is -0.161. The van der Waals surface area contributed by atoms with E-state index >= 15 is 0 Å². The summed E-state index contributed by atoms with van der Waals surface area (Å²) in [7, 11) is 0. The van der Waals surface area contributed by atoms with E-state index in [-0.39, 0.29) is 19.6 Å². The molecule has 0 amide bonds. The highest BCUT2D eigenvalue weighted by Gasteiger charge is 2.29. The van der Waals surface area contributed by atoms with E-state index in [1.807, 2.05) is 24.3 Å². The molecule has 0 aliphatic heterocycles. The van der Waals surface area contributed by atoms with Gasteiger partial charge in [-0.3, -0.25) is 9.59 Å². The molecular formula is C42H58O5. The fourth-order valence-corrected chi connectivity index (χ4v) is 6.15. The summed E-state index contributed by atoms with van der Waals surface area (Å²) in [6.45, 7) is 13.3. The molecule has 0 aliphatic carbocycles. The summed E-state index contributed by atoms with van der Waals surface area (Å²) in [6.07, 6.45) is 11.1. The number of ether oxygens (including phenoxy) is 3. The zero-order valence-electron chi connectivity index (χ0n) is 29.8. The second-order valence-electron chi connectivity index (χ2n) is 13.4. The molecule has 0 N–H and O–H groups in total. The van der Waals surface area contributed by atoms with Gasteiger partial charge in [-0.2, -0.15) is 0 Å². The third-order valence-electron chi connectivity index (χ3n) is 9.24. The first-order valence-electron chi connectivity index (χ1n) is 18.0. The molecule has 256 valence electrons. The van der Waals surface area contributed by atoms with Crippen LogP contribution in [0.3, 0.4) is 0 Å². The summed E-state index contributed by atoms with van der Waals surface area (Å²) in [5.41, 5.74) is 4.68. The van der Waals surface area contributed by atoms with Gasteiger partial charge in [0.1, 0.15) is 11.5 Å². The predicted molar refractivity (Wildman–Crippen MR) is 192 cm³/mol. The van der Waals surface area contributed by atoms with Gasteiger partial charge in [-0.25, -0.2) is 0 Å². The molecule has 0 heterocycles. The highest BCUT2D eigenvalue weighted by molar-refractivity contribution is 5.95. The summed E-state index contributed by atoms with van der Waals surface area (Å²) in [6, 6.07) is 24.6. The van der Waals surface area contributed by atoms with Crippen LogP contribution in [-0.2, 0) is 38.3 Å². The Morgan fingerprint density at radius 1 is 0.617 bits per heavy atom. The van der Waals surface area contributed by atoms with Gasteiger partial charge in [0.25, 0.3) is 0 Å². The van der Waals surface area contributed by atoms with Crippen molar-refractivity contribution in [2.75, 3.05) is 13.2 Å². The molecule has 0 spiro atoms. The van der Waals surface area contributed by atoms with Gasteiger partial charge in [-0.15, -0.1) is 0 Å². The number of rotatable bonds is 21. The Bertz CT molecular complexity index is 1310. The highest BCUT2D eigenvalue weighted by Crippen LogP contribution is 2.33. The van der Waals surface area contributed by atoms with Crippen LogP contribution in [-0.4, -0.2) is 25.2 Å². The van der Waals surface area contributed by atoms with Crippen LogP contribution < -0.4 is 4.74 Å². The van der Waals surface area contributed by atoms with E-state index in [1.54, 1.807) is 13.8 Å². The SMILES string of the molecule is CCOC(=O)C(Cc1ccc(Oc2cccc(Cc3ccccc3)c2CC(C)CCCC(C)CCCC(C)CC)cc1)C(=O)OCC. The number of hydrogen-bond donors (Lipinski definition) is 0. The van der Waals surface area contributed by atoms with Gasteiger partial charge in [-0.1, -0.05) is 127 Å². The molecule has 3 aromatic carbocycles. The van der Waals surface area contributed by atoms with Gasteiger partial charge >= 0.3 is 11.9 Å². The van der Waals surface area contributed by atoms with Crippen molar-refractivity contribution in [1.29, 1.82) is 0 Å². The average molecular weight is 643 g/mol. The van der Waals surface area contributed by atoms with Crippen LogP contribution >= 0.6 is 0 Å². The van der Waals surface area contributed by atoms with E-state index in [4.69, 9.17) is 14.2 Å². The van der Waals surface area contributed by atoms with Crippen LogP contribution in [0.5, 0.6) is 11.5 Å². The van der Waals surface area contributed by atoms with Crippen molar-refractivity contribution in [2.45, 2.75) is 106 Å². The van der Waals surface area contributed by atoms with Crippen molar-refractivity contribution in [1.82, 2.24) is 0 Å². The summed E-state index contributed by atoms with van der Waals surface area (Å²) in [5, 5.41) is 0. The van der Waals surface area contributed by atoms with Crippen molar-refractivity contribution in [3.8, 4) is 11.5 Å². The molecular weight excluding hydrogens is 584 g/mol. The Morgan fingerprint density at radius 2 is 1.21 bits per heavy atom. The number of esters is 2. The number of benzene rings is 3. The molecule has 0 bridgehead atoms. The van der Waals surface area contributed by atoms with Gasteiger partial charge in [0, 0.05) is 0 Å². The highest BCUT2D eigenvalue weighted by atomic mass is 16.6. The van der Waals surface area contributed by atoms with E-state index in [2.05, 4.69) is 76.2 Å². The lowest BCUT2D eigenvalue weighted by atomic mass is 9.88. The van der Waals surface area contributed by atoms with E-state index in [1.165, 1.54) is 61.6 Å². The van der Waals surface area contributed by atoms with Crippen molar-refractivity contribution >= 4 is 11.9 Å². The minimum absolute atomic E-state index is 0.212. The molecule has 5 nitrogen and oxygen atoms in total. The number of hydrogen-bond acceptors (Lipinski definition) is 5. The second kappa shape index (κ2) is 20.6. The largest absolute Gasteiger partial charge is 0.465 e. The average Bonchev–Trinajstić information content (AvgIpc) is 3.06. The molecule has 5 heteroatoms. The first kappa shape index (κ1) is 37.9. The smallest absolute Gasteiger partial charge is 0.320 e. The normalized spacial score (nSPS) is 13.2. The maximum absolute atomic E-state index is 12.5. The zero-order valence-corrected chi connectivity index (χ0v) is 29.8. The molecule has 3 rings (SSSR count). The number of carbonyl (C=O) groups is 2. The Labute approximate surface area is 284 Å². The Morgan fingerprint density at radius 3 is 1.81 bits per heavy atom. The summed E-state index contributed by atoms with van der Waals surface area (Å²) in [4.78, 5) is 25.0. The molecule has 3 atom stereocenters. The van der Waals surface area contributed by atoms with E-state index in [9.17, 15) is 9.59 Å². The maximum atomic E-state index is 12.5. The van der Waals surface area contributed by atoms with Crippen LogP contribution in [0.15, 0.2) is 72.8 Å². The van der Waals surface area contributed by atoms with Crippen molar-refractivity contribution < 1.29 is 23.8 Å². The zero-order chi connectivity index (χ0) is 34.0.